The number of piperidine rings is 2. The van der Waals surface area contributed by atoms with Crippen molar-refractivity contribution in [3.05, 3.63) is 0 Å². The summed E-state index contributed by atoms with van der Waals surface area (Å²) in [6.07, 6.45) is 3.43. The summed E-state index contributed by atoms with van der Waals surface area (Å²) in [5, 5.41) is 3.14. The Hall–Kier alpha value is -1.83. The van der Waals surface area contributed by atoms with Gasteiger partial charge in [-0.05, 0) is 72.8 Å². The molecule has 8 heteroatoms. The number of hydrogen-bond donors (Lipinski definition) is 1. The fourth-order valence-corrected chi connectivity index (χ4v) is 4.35. The van der Waals surface area contributed by atoms with Gasteiger partial charge in [0, 0.05) is 45.2 Å². The highest BCUT2D eigenvalue weighted by molar-refractivity contribution is 5.78. The van der Waals surface area contributed by atoms with Gasteiger partial charge in [-0.2, -0.15) is 0 Å². The van der Waals surface area contributed by atoms with Gasteiger partial charge in [-0.1, -0.05) is 0 Å². The number of carbonyl (C=O) groups is 3. The number of ether oxygens (including phenoxy) is 1. The van der Waals surface area contributed by atoms with Gasteiger partial charge < -0.3 is 19.9 Å². The van der Waals surface area contributed by atoms with Gasteiger partial charge in [0.15, 0.2) is 0 Å². The topological polar surface area (TPSA) is 82.2 Å². The molecule has 0 aromatic carbocycles. The number of nitrogens with one attached hydrogen (secondary N) is 1. The molecule has 1 N–H and O–H groups in total. The molecule has 2 heterocycles. The molecular weight excluding hydrogens is 396 g/mol. The first kappa shape index (κ1) is 25.4. The van der Waals surface area contributed by atoms with Gasteiger partial charge in [0.1, 0.15) is 5.60 Å². The molecule has 1 unspecified atom stereocenters. The molecule has 0 aromatic heterocycles. The van der Waals surface area contributed by atoms with Crippen LogP contribution in [0.2, 0.25) is 0 Å². The maximum atomic E-state index is 12.6. The lowest BCUT2D eigenvalue weighted by Gasteiger charge is -2.37. The van der Waals surface area contributed by atoms with E-state index < -0.39 is 5.60 Å². The van der Waals surface area contributed by atoms with Crippen molar-refractivity contribution in [3.63, 3.8) is 0 Å². The van der Waals surface area contributed by atoms with Gasteiger partial charge in [-0.15, -0.1) is 0 Å². The molecule has 0 aromatic rings. The molecule has 2 aliphatic rings. The predicted molar refractivity (Wildman–Crippen MR) is 121 cm³/mol. The summed E-state index contributed by atoms with van der Waals surface area (Å²) in [5.41, 5.74) is -0.512. The Bertz CT molecular complexity index is 624. The van der Waals surface area contributed by atoms with E-state index in [4.69, 9.17) is 4.74 Å². The van der Waals surface area contributed by atoms with E-state index >= 15 is 0 Å². The van der Waals surface area contributed by atoms with Crippen LogP contribution in [0.5, 0.6) is 0 Å². The monoisotopic (exact) mass is 438 g/mol. The number of amides is 3. The summed E-state index contributed by atoms with van der Waals surface area (Å²) in [6.45, 7) is 15.4. The maximum Gasteiger partial charge on any atom is 0.410 e. The minimum Gasteiger partial charge on any atom is -0.444 e. The van der Waals surface area contributed by atoms with Crippen molar-refractivity contribution >= 4 is 17.9 Å². The van der Waals surface area contributed by atoms with Crippen molar-refractivity contribution < 1.29 is 19.1 Å². The highest BCUT2D eigenvalue weighted by Crippen LogP contribution is 2.21. The van der Waals surface area contributed by atoms with E-state index in [-0.39, 0.29) is 30.0 Å². The number of hydrogen-bond acceptors (Lipinski definition) is 5. The first-order valence-electron chi connectivity index (χ1n) is 11.7. The zero-order valence-electron chi connectivity index (χ0n) is 20.3. The normalized spacial score (nSPS) is 21.1. The molecule has 2 aliphatic heterocycles. The number of nitrogens with zero attached hydrogens (tertiary/aromatic N) is 3. The Labute approximate surface area is 187 Å². The molecule has 2 saturated heterocycles. The maximum absolute atomic E-state index is 12.6. The molecule has 31 heavy (non-hydrogen) atoms. The molecule has 2 fully saturated rings. The first-order valence-corrected chi connectivity index (χ1v) is 11.7. The Morgan fingerprint density at radius 3 is 2.29 bits per heavy atom. The van der Waals surface area contributed by atoms with Gasteiger partial charge in [-0.3, -0.25) is 14.5 Å². The smallest absolute Gasteiger partial charge is 0.410 e. The van der Waals surface area contributed by atoms with Crippen LogP contribution in [0, 0.1) is 5.92 Å². The summed E-state index contributed by atoms with van der Waals surface area (Å²) >= 11 is 0. The predicted octanol–water partition coefficient (Wildman–Crippen LogP) is 2.47. The van der Waals surface area contributed by atoms with Crippen LogP contribution in [0.15, 0.2) is 0 Å². The molecular formula is C23H42N4O4. The van der Waals surface area contributed by atoms with E-state index in [0.717, 1.165) is 38.8 Å². The Morgan fingerprint density at radius 2 is 1.74 bits per heavy atom. The molecule has 0 aliphatic carbocycles. The van der Waals surface area contributed by atoms with Crippen LogP contribution in [0.3, 0.4) is 0 Å². The molecule has 0 radical (unpaired) electrons. The lowest BCUT2D eigenvalue weighted by molar-refractivity contribution is -0.130. The van der Waals surface area contributed by atoms with Crippen LogP contribution in [0.1, 0.15) is 67.2 Å². The third-order valence-corrected chi connectivity index (χ3v) is 5.98. The second-order valence-corrected chi connectivity index (χ2v) is 10.3. The van der Waals surface area contributed by atoms with Crippen molar-refractivity contribution in [3.8, 4) is 0 Å². The van der Waals surface area contributed by atoms with E-state index in [2.05, 4.69) is 10.2 Å². The zero-order valence-corrected chi connectivity index (χ0v) is 20.3. The fraction of sp³-hybridized carbons (Fsp3) is 0.870. The fourth-order valence-electron chi connectivity index (χ4n) is 4.35. The lowest BCUT2D eigenvalue weighted by atomic mass is 9.97. The van der Waals surface area contributed by atoms with E-state index in [9.17, 15) is 14.4 Å². The lowest BCUT2D eigenvalue weighted by Crippen LogP contribution is -2.51. The van der Waals surface area contributed by atoms with Crippen LogP contribution in [0.4, 0.5) is 4.79 Å². The quantitative estimate of drug-likeness (QED) is 0.689. The third kappa shape index (κ3) is 8.67. The second-order valence-electron chi connectivity index (χ2n) is 10.3. The Morgan fingerprint density at radius 1 is 1.10 bits per heavy atom. The van der Waals surface area contributed by atoms with E-state index in [1.165, 1.54) is 0 Å². The van der Waals surface area contributed by atoms with Crippen LogP contribution < -0.4 is 5.32 Å². The van der Waals surface area contributed by atoms with Crippen molar-refractivity contribution in [2.45, 2.75) is 84.9 Å². The minimum absolute atomic E-state index is 0.0507. The third-order valence-electron chi connectivity index (χ3n) is 5.98. The largest absolute Gasteiger partial charge is 0.444 e. The summed E-state index contributed by atoms with van der Waals surface area (Å²) in [4.78, 5) is 42.5. The minimum atomic E-state index is -0.512. The van der Waals surface area contributed by atoms with Crippen molar-refractivity contribution in [1.82, 2.24) is 20.0 Å². The van der Waals surface area contributed by atoms with Crippen molar-refractivity contribution in [2.24, 2.45) is 5.92 Å². The van der Waals surface area contributed by atoms with Crippen molar-refractivity contribution in [2.75, 3.05) is 39.3 Å². The SMILES string of the molecule is CC(=O)N1CCC(NC(=O)CN2CCCC(CN(C(=O)OC(C)(C)C)C(C)C)C2)CC1. The average molecular weight is 439 g/mol. The average Bonchev–Trinajstić information content (AvgIpc) is 2.65. The van der Waals surface area contributed by atoms with Crippen LogP contribution >= 0.6 is 0 Å². The number of carbonyl (C=O) groups excluding carboxylic acids is 3. The standard InChI is InChI=1S/C23H42N4O4/c1-17(2)27(22(30)31-23(4,5)6)15-19-8-7-11-25(14-19)16-21(29)24-20-9-12-26(13-10-20)18(3)28/h17,19-20H,7-16H2,1-6H3,(H,24,29). The molecule has 0 spiro atoms. The molecule has 0 bridgehead atoms. The molecule has 1 atom stereocenters. The summed E-state index contributed by atoms with van der Waals surface area (Å²) in [7, 11) is 0. The van der Waals surface area contributed by atoms with Crippen molar-refractivity contribution in [1.29, 1.82) is 0 Å². The molecule has 178 valence electrons. The molecule has 8 nitrogen and oxygen atoms in total. The summed E-state index contributed by atoms with van der Waals surface area (Å²) in [5.74, 6) is 0.482. The summed E-state index contributed by atoms with van der Waals surface area (Å²) in [6, 6.07) is 0.210. The highest BCUT2D eigenvalue weighted by Gasteiger charge is 2.30. The van der Waals surface area contributed by atoms with Gasteiger partial charge in [0.05, 0.1) is 6.54 Å². The Balaban J connectivity index is 1.81. The zero-order chi connectivity index (χ0) is 23.2. The molecule has 0 saturated carbocycles. The van der Waals surface area contributed by atoms with E-state index in [1.807, 2.05) is 44.4 Å². The van der Waals surface area contributed by atoms with Gasteiger partial charge in [0.2, 0.25) is 11.8 Å². The molecule has 3 amide bonds. The van der Waals surface area contributed by atoms with Crippen LogP contribution in [0.25, 0.3) is 0 Å². The first-order chi connectivity index (χ1) is 14.4. The van der Waals surface area contributed by atoms with E-state index in [0.29, 0.717) is 32.1 Å². The second kappa shape index (κ2) is 11.2. The summed E-state index contributed by atoms with van der Waals surface area (Å²) < 4.78 is 5.59. The van der Waals surface area contributed by atoms with Gasteiger partial charge in [0.25, 0.3) is 0 Å². The van der Waals surface area contributed by atoms with Gasteiger partial charge >= 0.3 is 6.09 Å². The highest BCUT2D eigenvalue weighted by atomic mass is 16.6. The number of likely N-dealkylation sites (tertiary alicyclic amines) is 2. The van der Waals surface area contributed by atoms with Gasteiger partial charge in [-0.25, -0.2) is 4.79 Å². The Kier molecular flexibility index (Phi) is 9.15. The van der Waals surface area contributed by atoms with E-state index in [1.54, 1.807) is 6.92 Å². The number of rotatable bonds is 6. The van der Waals surface area contributed by atoms with Crippen LogP contribution in [-0.2, 0) is 14.3 Å². The molecule has 2 rings (SSSR count). The van der Waals surface area contributed by atoms with Crippen LogP contribution in [-0.4, -0.2) is 89.6 Å².